The van der Waals surface area contributed by atoms with Crippen LogP contribution in [0.2, 0.25) is 0 Å². The summed E-state index contributed by atoms with van der Waals surface area (Å²) >= 11 is 5.17. The molecule has 3 aromatic rings. The molecule has 0 aliphatic heterocycles. The van der Waals surface area contributed by atoms with Crippen molar-refractivity contribution in [2.75, 3.05) is 0 Å². The molecular weight excluding hydrogens is 299 g/mol. The zero-order valence-corrected chi connectivity index (χ0v) is 12.6. The Labute approximate surface area is 131 Å². The number of rotatable bonds is 3. The summed E-state index contributed by atoms with van der Waals surface area (Å²) in [5.41, 5.74) is 2.40. The van der Waals surface area contributed by atoms with Gasteiger partial charge in [-0.15, -0.1) is 0 Å². The molecule has 6 heteroatoms. The van der Waals surface area contributed by atoms with Crippen LogP contribution in [-0.4, -0.2) is 21.1 Å². The molecule has 0 spiro atoms. The van der Waals surface area contributed by atoms with Crippen molar-refractivity contribution >= 4 is 18.4 Å². The van der Waals surface area contributed by atoms with Gasteiger partial charge in [0, 0.05) is 0 Å². The maximum Gasteiger partial charge on any atom is 0.216 e. The van der Waals surface area contributed by atoms with E-state index in [2.05, 4.69) is 15.3 Å². The molecule has 1 N–H and O–H groups in total. The highest BCUT2D eigenvalue weighted by Crippen LogP contribution is 2.20. The number of nitrogens with one attached hydrogen (secondary N) is 1. The van der Waals surface area contributed by atoms with Crippen LogP contribution in [0.1, 0.15) is 11.1 Å². The van der Waals surface area contributed by atoms with E-state index < -0.39 is 0 Å². The molecule has 1 aromatic heterocycles. The minimum Gasteiger partial charge on any atom is -0.250 e. The van der Waals surface area contributed by atoms with Gasteiger partial charge in [0.2, 0.25) is 4.77 Å². The molecule has 22 heavy (non-hydrogen) atoms. The lowest BCUT2D eigenvalue weighted by Gasteiger charge is -2.03. The van der Waals surface area contributed by atoms with Crippen LogP contribution in [0.4, 0.5) is 4.39 Å². The van der Waals surface area contributed by atoms with Crippen molar-refractivity contribution in [1.82, 2.24) is 14.9 Å². The van der Waals surface area contributed by atoms with E-state index in [1.54, 1.807) is 24.4 Å². The first-order valence-corrected chi connectivity index (χ1v) is 7.10. The molecule has 0 fully saturated rings. The van der Waals surface area contributed by atoms with Gasteiger partial charge in [0.1, 0.15) is 5.82 Å². The summed E-state index contributed by atoms with van der Waals surface area (Å²) in [6.07, 6.45) is 1.69. The zero-order chi connectivity index (χ0) is 15.5. The van der Waals surface area contributed by atoms with E-state index in [4.69, 9.17) is 12.2 Å². The summed E-state index contributed by atoms with van der Waals surface area (Å²) in [5.74, 6) is -0.0308. The van der Waals surface area contributed by atoms with Gasteiger partial charge in [0.05, 0.1) is 11.8 Å². The standard InChI is InChI=1S/C16H13FN4S/c1-11-6-2-3-7-12(11)10-18-21-15(19-20-16(21)22)13-8-4-5-9-14(13)17/h2-10H,1H3,(H,20,22)/b18-10-. The number of benzene rings is 2. The van der Waals surface area contributed by atoms with Crippen molar-refractivity contribution in [2.45, 2.75) is 6.92 Å². The summed E-state index contributed by atoms with van der Waals surface area (Å²) in [6.45, 7) is 1.99. The second-order valence-electron chi connectivity index (χ2n) is 4.75. The molecule has 2 aromatic carbocycles. The van der Waals surface area contributed by atoms with Crippen LogP contribution in [-0.2, 0) is 0 Å². The van der Waals surface area contributed by atoms with Crippen LogP contribution in [0, 0.1) is 17.5 Å². The van der Waals surface area contributed by atoms with Gasteiger partial charge >= 0.3 is 0 Å². The van der Waals surface area contributed by atoms with Crippen molar-refractivity contribution in [3.63, 3.8) is 0 Å². The zero-order valence-electron chi connectivity index (χ0n) is 11.8. The average molecular weight is 312 g/mol. The lowest BCUT2D eigenvalue weighted by Crippen LogP contribution is -1.97. The van der Waals surface area contributed by atoms with Gasteiger partial charge in [-0.25, -0.2) is 9.49 Å². The first kappa shape index (κ1) is 14.3. The fraction of sp³-hybridized carbons (Fsp3) is 0.0625. The number of aromatic nitrogens is 3. The number of aryl methyl sites for hydroxylation is 1. The SMILES string of the molecule is Cc1ccccc1/C=N\n1c(-c2ccccc2F)n[nH]c1=S. The minimum absolute atomic E-state index is 0.308. The highest BCUT2D eigenvalue weighted by atomic mass is 32.1. The van der Waals surface area contributed by atoms with Crippen LogP contribution in [0.5, 0.6) is 0 Å². The summed E-state index contributed by atoms with van der Waals surface area (Å²) in [5, 5.41) is 11.1. The van der Waals surface area contributed by atoms with E-state index >= 15 is 0 Å². The summed E-state index contributed by atoms with van der Waals surface area (Å²) in [4.78, 5) is 0. The smallest absolute Gasteiger partial charge is 0.216 e. The van der Waals surface area contributed by atoms with Crippen molar-refractivity contribution < 1.29 is 4.39 Å². The summed E-state index contributed by atoms with van der Waals surface area (Å²) in [6, 6.07) is 14.2. The van der Waals surface area contributed by atoms with Gasteiger partial charge in [-0.1, -0.05) is 36.4 Å². The number of halogens is 1. The number of aromatic amines is 1. The first-order valence-electron chi connectivity index (χ1n) is 6.69. The van der Waals surface area contributed by atoms with Gasteiger partial charge < -0.3 is 0 Å². The van der Waals surface area contributed by atoms with E-state index in [9.17, 15) is 4.39 Å². The normalized spacial score (nSPS) is 11.2. The average Bonchev–Trinajstić information content (AvgIpc) is 2.88. The van der Waals surface area contributed by atoms with Gasteiger partial charge in [-0.3, -0.25) is 0 Å². The van der Waals surface area contributed by atoms with E-state index in [1.807, 2.05) is 31.2 Å². The Bertz CT molecular complexity index is 895. The molecule has 0 saturated heterocycles. The first-order chi connectivity index (χ1) is 10.7. The predicted octanol–water partition coefficient (Wildman–Crippen LogP) is 3.94. The fourth-order valence-electron chi connectivity index (χ4n) is 2.07. The molecular formula is C16H13FN4S. The highest BCUT2D eigenvalue weighted by molar-refractivity contribution is 7.71. The van der Waals surface area contributed by atoms with Crippen molar-refractivity contribution in [3.8, 4) is 11.4 Å². The van der Waals surface area contributed by atoms with Crippen molar-refractivity contribution in [2.24, 2.45) is 5.10 Å². The second kappa shape index (κ2) is 6.03. The maximum absolute atomic E-state index is 13.9. The van der Waals surface area contributed by atoms with Gasteiger partial charge in [0.25, 0.3) is 0 Å². The van der Waals surface area contributed by atoms with E-state index in [0.29, 0.717) is 16.2 Å². The lowest BCUT2D eigenvalue weighted by molar-refractivity contribution is 0.628. The molecule has 4 nitrogen and oxygen atoms in total. The topological polar surface area (TPSA) is 46.0 Å². The monoisotopic (exact) mass is 312 g/mol. The minimum atomic E-state index is -0.371. The Balaban J connectivity index is 2.06. The van der Waals surface area contributed by atoms with Gasteiger partial charge in [-0.2, -0.15) is 14.9 Å². The lowest BCUT2D eigenvalue weighted by atomic mass is 10.1. The molecule has 0 aliphatic rings. The molecule has 1 heterocycles. The largest absolute Gasteiger partial charge is 0.250 e. The molecule has 0 bridgehead atoms. The molecule has 3 rings (SSSR count). The van der Waals surface area contributed by atoms with Gasteiger partial charge in [-0.05, 0) is 42.4 Å². The van der Waals surface area contributed by atoms with Crippen LogP contribution in [0.15, 0.2) is 53.6 Å². The number of hydrogen-bond donors (Lipinski definition) is 1. The Morgan fingerprint density at radius 2 is 1.91 bits per heavy atom. The molecule has 0 amide bonds. The molecule has 0 atom stereocenters. The van der Waals surface area contributed by atoms with Crippen molar-refractivity contribution in [1.29, 1.82) is 0 Å². The quantitative estimate of drug-likeness (QED) is 0.588. The molecule has 0 radical (unpaired) electrons. The number of H-pyrrole nitrogens is 1. The third-order valence-electron chi connectivity index (χ3n) is 3.27. The highest BCUT2D eigenvalue weighted by Gasteiger charge is 2.12. The molecule has 0 saturated carbocycles. The van der Waals surface area contributed by atoms with Crippen molar-refractivity contribution in [3.05, 3.63) is 70.2 Å². The fourth-order valence-corrected chi connectivity index (χ4v) is 2.25. The van der Waals surface area contributed by atoms with Crippen LogP contribution in [0.25, 0.3) is 11.4 Å². The Hall–Kier alpha value is -2.60. The third-order valence-corrected chi connectivity index (χ3v) is 3.53. The van der Waals surface area contributed by atoms with Crippen LogP contribution >= 0.6 is 12.2 Å². The molecule has 0 unspecified atom stereocenters. The van der Waals surface area contributed by atoms with E-state index in [0.717, 1.165) is 11.1 Å². The third kappa shape index (κ3) is 2.73. The summed E-state index contributed by atoms with van der Waals surface area (Å²) < 4.78 is 15.7. The van der Waals surface area contributed by atoms with E-state index in [-0.39, 0.29) is 5.82 Å². The number of hydrogen-bond acceptors (Lipinski definition) is 3. The maximum atomic E-state index is 13.9. The van der Waals surface area contributed by atoms with Crippen LogP contribution < -0.4 is 0 Å². The van der Waals surface area contributed by atoms with Crippen LogP contribution in [0.3, 0.4) is 0 Å². The second-order valence-corrected chi connectivity index (χ2v) is 5.13. The summed E-state index contributed by atoms with van der Waals surface area (Å²) in [7, 11) is 0. The van der Waals surface area contributed by atoms with Gasteiger partial charge in [0.15, 0.2) is 5.82 Å². The Morgan fingerprint density at radius 3 is 2.68 bits per heavy atom. The molecule has 0 aliphatic carbocycles. The van der Waals surface area contributed by atoms with E-state index in [1.165, 1.54) is 10.7 Å². The predicted molar refractivity (Wildman–Crippen MR) is 87.0 cm³/mol. The number of nitrogens with zero attached hydrogens (tertiary/aromatic N) is 3. The Kier molecular flexibility index (Phi) is 3.93. The Morgan fingerprint density at radius 1 is 1.18 bits per heavy atom. The molecule has 110 valence electrons.